The van der Waals surface area contributed by atoms with Gasteiger partial charge in [-0.1, -0.05) is 51.5 Å². The third kappa shape index (κ3) is 11.3. The maximum absolute atomic E-state index is 5.56. The van der Waals surface area contributed by atoms with Crippen molar-refractivity contribution in [3.8, 4) is 0 Å². The van der Waals surface area contributed by atoms with Gasteiger partial charge < -0.3 is 20.1 Å². The smallest absolute Gasteiger partial charge is 0.191 e. The summed E-state index contributed by atoms with van der Waals surface area (Å²) in [7, 11) is 1.78. The second kappa shape index (κ2) is 16.3. The van der Waals surface area contributed by atoms with Crippen LogP contribution in [0.3, 0.4) is 0 Å². The van der Waals surface area contributed by atoms with Gasteiger partial charge in [-0.15, -0.1) is 0 Å². The molecule has 160 valence electrons. The molecule has 0 atom stereocenters. The summed E-state index contributed by atoms with van der Waals surface area (Å²) in [6.07, 6.45) is 2.28. The fourth-order valence-electron chi connectivity index (χ4n) is 2.68. The number of aliphatic imine (C=N–C) groups is 1. The molecule has 0 saturated heterocycles. The topological polar surface area (TPSA) is 58.1 Å². The molecule has 0 fully saturated rings. The predicted molar refractivity (Wildman–Crippen MR) is 118 cm³/mol. The largest absolute Gasteiger partial charge is 0.379 e. The molecule has 1 aromatic carbocycles. The van der Waals surface area contributed by atoms with E-state index in [9.17, 15) is 0 Å². The Bertz CT molecular complexity index is 516. The van der Waals surface area contributed by atoms with Gasteiger partial charge in [0.1, 0.15) is 0 Å². The molecule has 0 heterocycles. The van der Waals surface area contributed by atoms with Gasteiger partial charge in [0, 0.05) is 33.3 Å². The lowest BCUT2D eigenvalue weighted by molar-refractivity contribution is 0.0487. The van der Waals surface area contributed by atoms with E-state index in [2.05, 4.69) is 65.6 Å². The number of nitrogens with one attached hydrogen (secondary N) is 2. The van der Waals surface area contributed by atoms with Gasteiger partial charge >= 0.3 is 0 Å². The zero-order valence-corrected chi connectivity index (χ0v) is 18.3. The van der Waals surface area contributed by atoms with Crippen molar-refractivity contribution in [2.24, 2.45) is 4.99 Å². The predicted octanol–water partition coefficient (Wildman–Crippen LogP) is 3.03. The maximum Gasteiger partial charge on any atom is 0.191 e. The number of rotatable bonds is 15. The number of hydrogen-bond acceptors (Lipinski definition) is 4. The van der Waals surface area contributed by atoms with Crippen molar-refractivity contribution in [2.75, 3.05) is 53.1 Å². The van der Waals surface area contributed by atoms with E-state index in [0.717, 1.165) is 58.1 Å². The first-order chi connectivity index (χ1) is 13.7. The van der Waals surface area contributed by atoms with Crippen LogP contribution in [0.1, 0.15) is 44.7 Å². The molecule has 0 amide bonds. The number of benzene rings is 1. The number of guanidine groups is 1. The van der Waals surface area contributed by atoms with Gasteiger partial charge in [0.2, 0.25) is 0 Å². The Kier molecular flexibility index (Phi) is 14.2. The minimum atomic E-state index is 0.636. The number of hydrogen-bond donors (Lipinski definition) is 2. The second-order valence-corrected chi connectivity index (χ2v) is 6.71. The van der Waals surface area contributed by atoms with Crippen LogP contribution in [-0.2, 0) is 22.6 Å². The van der Waals surface area contributed by atoms with E-state index < -0.39 is 0 Å². The van der Waals surface area contributed by atoms with Crippen LogP contribution in [-0.4, -0.2) is 64.0 Å². The van der Waals surface area contributed by atoms with Crippen LogP contribution in [0.15, 0.2) is 29.3 Å². The van der Waals surface area contributed by atoms with Gasteiger partial charge in [0.05, 0.1) is 19.8 Å². The summed E-state index contributed by atoms with van der Waals surface area (Å²) in [6, 6.07) is 8.78. The van der Waals surface area contributed by atoms with Gasteiger partial charge in [0.15, 0.2) is 5.96 Å². The van der Waals surface area contributed by atoms with Crippen LogP contribution in [0.25, 0.3) is 0 Å². The Morgan fingerprint density at radius 2 is 1.54 bits per heavy atom. The first-order valence-corrected chi connectivity index (χ1v) is 10.6. The van der Waals surface area contributed by atoms with Crippen molar-refractivity contribution in [3.05, 3.63) is 35.4 Å². The van der Waals surface area contributed by atoms with Crippen LogP contribution in [0.2, 0.25) is 0 Å². The van der Waals surface area contributed by atoms with Crippen molar-refractivity contribution in [3.63, 3.8) is 0 Å². The first-order valence-electron chi connectivity index (χ1n) is 10.6. The van der Waals surface area contributed by atoms with E-state index in [1.54, 1.807) is 7.05 Å². The van der Waals surface area contributed by atoms with Crippen LogP contribution in [0.4, 0.5) is 0 Å². The Labute approximate surface area is 171 Å². The minimum Gasteiger partial charge on any atom is -0.379 e. The van der Waals surface area contributed by atoms with E-state index in [1.165, 1.54) is 11.1 Å². The fourth-order valence-corrected chi connectivity index (χ4v) is 2.68. The van der Waals surface area contributed by atoms with Gasteiger partial charge in [-0.3, -0.25) is 9.89 Å². The highest BCUT2D eigenvalue weighted by Gasteiger charge is 2.02. The molecule has 0 aliphatic rings. The third-order valence-corrected chi connectivity index (χ3v) is 4.56. The molecule has 28 heavy (non-hydrogen) atoms. The number of unbranched alkanes of at least 4 members (excludes halogenated alkanes) is 1. The van der Waals surface area contributed by atoms with Gasteiger partial charge in [-0.2, -0.15) is 0 Å². The first kappa shape index (κ1) is 24.4. The van der Waals surface area contributed by atoms with Gasteiger partial charge in [-0.25, -0.2) is 0 Å². The molecule has 0 saturated carbocycles. The highest BCUT2D eigenvalue weighted by molar-refractivity contribution is 5.79. The molecule has 0 aromatic heterocycles. The van der Waals surface area contributed by atoms with Crippen molar-refractivity contribution < 1.29 is 9.47 Å². The average Bonchev–Trinajstić information content (AvgIpc) is 2.73. The maximum atomic E-state index is 5.56. The lowest BCUT2D eigenvalue weighted by atomic mass is 10.1. The lowest BCUT2D eigenvalue weighted by Crippen LogP contribution is -2.38. The highest BCUT2D eigenvalue weighted by Crippen LogP contribution is 2.07. The van der Waals surface area contributed by atoms with E-state index in [1.807, 2.05) is 0 Å². The van der Waals surface area contributed by atoms with Crippen LogP contribution < -0.4 is 10.6 Å². The van der Waals surface area contributed by atoms with Crippen LogP contribution in [0, 0.1) is 0 Å². The van der Waals surface area contributed by atoms with Crippen molar-refractivity contribution in [1.29, 1.82) is 0 Å². The molecule has 0 spiro atoms. The molecule has 1 rings (SSSR count). The normalized spacial score (nSPS) is 11.8. The molecule has 1 aromatic rings. The Morgan fingerprint density at radius 1 is 0.893 bits per heavy atom. The summed E-state index contributed by atoms with van der Waals surface area (Å²) in [5.74, 6) is 0.787. The zero-order valence-electron chi connectivity index (χ0n) is 18.3. The lowest BCUT2D eigenvalue weighted by Gasteiger charge is -2.18. The van der Waals surface area contributed by atoms with Crippen molar-refractivity contribution in [2.45, 2.75) is 46.7 Å². The SMILES string of the molecule is CCCCOCCOCCNC(=NC)NCc1ccc(CN(CC)CC)cc1. The van der Waals surface area contributed by atoms with E-state index in [4.69, 9.17) is 9.47 Å². The van der Waals surface area contributed by atoms with Crippen LogP contribution in [0.5, 0.6) is 0 Å². The molecule has 0 unspecified atom stereocenters. The summed E-state index contributed by atoms with van der Waals surface area (Å²) in [5, 5.41) is 6.61. The monoisotopic (exact) mass is 392 g/mol. The molecular weight excluding hydrogens is 352 g/mol. The molecule has 6 nitrogen and oxygen atoms in total. The summed E-state index contributed by atoms with van der Waals surface area (Å²) in [6.45, 7) is 14.0. The van der Waals surface area contributed by atoms with E-state index in [-0.39, 0.29) is 0 Å². The van der Waals surface area contributed by atoms with Crippen molar-refractivity contribution >= 4 is 5.96 Å². The molecule has 0 bridgehead atoms. The third-order valence-electron chi connectivity index (χ3n) is 4.56. The van der Waals surface area contributed by atoms with Crippen molar-refractivity contribution in [1.82, 2.24) is 15.5 Å². The summed E-state index contributed by atoms with van der Waals surface area (Å²) >= 11 is 0. The van der Waals surface area contributed by atoms with E-state index >= 15 is 0 Å². The molecule has 6 heteroatoms. The Balaban J connectivity index is 2.18. The summed E-state index contributed by atoms with van der Waals surface area (Å²) < 4.78 is 11.0. The fraction of sp³-hybridized carbons (Fsp3) is 0.682. The Morgan fingerprint density at radius 3 is 2.14 bits per heavy atom. The van der Waals surface area contributed by atoms with E-state index in [0.29, 0.717) is 19.8 Å². The number of ether oxygens (including phenoxy) is 2. The average molecular weight is 393 g/mol. The summed E-state index contributed by atoms with van der Waals surface area (Å²) in [4.78, 5) is 6.67. The number of nitrogens with zero attached hydrogens (tertiary/aromatic N) is 2. The molecule has 0 aliphatic heterocycles. The van der Waals surface area contributed by atoms with Crippen LogP contribution >= 0.6 is 0 Å². The summed E-state index contributed by atoms with van der Waals surface area (Å²) in [5.41, 5.74) is 2.59. The molecule has 2 N–H and O–H groups in total. The molecule has 0 radical (unpaired) electrons. The van der Waals surface area contributed by atoms with Gasteiger partial charge in [-0.05, 0) is 30.6 Å². The quantitative estimate of drug-likeness (QED) is 0.273. The second-order valence-electron chi connectivity index (χ2n) is 6.71. The Hall–Kier alpha value is -1.63. The molecular formula is C22H40N4O2. The van der Waals surface area contributed by atoms with Gasteiger partial charge in [0.25, 0.3) is 0 Å². The zero-order chi connectivity index (χ0) is 20.5. The molecule has 0 aliphatic carbocycles. The standard InChI is InChI=1S/C22H40N4O2/c1-5-8-14-27-16-17-28-15-13-24-22(23-4)25-18-20-9-11-21(12-10-20)19-26(6-2)7-3/h9-12H,5-8,13-19H2,1-4H3,(H2,23,24,25). The minimum absolute atomic E-state index is 0.636. The highest BCUT2D eigenvalue weighted by atomic mass is 16.5.